The third-order valence-corrected chi connectivity index (χ3v) is 5.07. The standard InChI is InChI=1S/C21H20F2N2O3/c22-15-10-14(11-16(23)12-15)20(26)25-13-19(21(27)24-8-4-1-5-9-24)28-18-7-3-2-6-17(18)25/h2-3,6-7,10-12,19H,1,4-5,8-9,13H2. The van der Waals surface area contributed by atoms with Crippen molar-refractivity contribution in [3.05, 3.63) is 59.7 Å². The zero-order valence-corrected chi connectivity index (χ0v) is 15.2. The van der Waals surface area contributed by atoms with Gasteiger partial charge in [0, 0.05) is 24.7 Å². The van der Waals surface area contributed by atoms with Crippen LogP contribution in [0.25, 0.3) is 0 Å². The van der Waals surface area contributed by atoms with Crippen molar-refractivity contribution in [1.82, 2.24) is 4.90 Å². The number of para-hydroxylation sites is 2. The van der Waals surface area contributed by atoms with Crippen LogP contribution in [0.2, 0.25) is 0 Å². The summed E-state index contributed by atoms with van der Waals surface area (Å²) in [5, 5.41) is 0. The summed E-state index contributed by atoms with van der Waals surface area (Å²) in [6, 6.07) is 9.54. The van der Waals surface area contributed by atoms with Crippen LogP contribution < -0.4 is 9.64 Å². The Morgan fingerprint density at radius 3 is 2.36 bits per heavy atom. The lowest BCUT2D eigenvalue weighted by Crippen LogP contribution is -2.52. The van der Waals surface area contributed by atoms with Crippen LogP contribution in [-0.2, 0) is 4.79 Å². The summed E-state index contributed by atoms with van der Waals surface area (Å²) in [6.45, 7) is 1.33. The van der Waals surface area contributed by atoms with Gasteiger partial charge in [-0.3, -0.25) is 9.59 Å². The number of hydrogen-bond acceptors (Lipinski definition) is 3. The number of piperidine rings is 1. The Hall–Kier alpha value is -2.96. The van der Waals surface area contributed by atoms with Gasteiger partial charge in [-0.05, 0) is 43.5 Å². The molecule has 4 rings (SSSR count). The van der Waals surface area contributed by atoms with Crippen LogP contribution >= 0.6 is 0 Å². The molecule has 1 saturated heterocycles. The molecule has 2 aliphatic rings. The third kappa shape index (κ3) is 3.56. The minimum absolute atomic E-state index is 0.0106. The fourth-order valence-electron chi connectivity index (χ4n) is 3.71. The molecule has 2 amide bonds. The molecule has 1 unspecified atom stereocenters. The van der Waals surface area contributed by atoms with Crippen molar-refractivity contribution in [3.63, 3.8) is 0 Å². The van der Waals surface area contributed by atoms with E-state index in [1.165, 1.54) is 4.90 Å². The number of ether oxygens (including phenoxy) is 1. The number of hydrogen-bond donors (Lipinski definition) is 0. The molecule has 1 fully saturated rings. The molecule has 0 N–H and O–H groups in total. The summed E-state index contributed by atoms with van der Waals surface area (Å²) >= 11 is 0. The molecule has 0 radical (unpaired) electrons. The summed E-state index contributed by atoms with van der Waals surface area (Å²) in [5.74, 6) is -2.01. The molecule has 2 aromatic rings. The van der Waals surface area contributed by atoms with Crippen molar-refractivity contribution in [2.45, 2.75) is 25.4 Å². The number of likely N-dealkylation sites (tertiary alicyclic amines) is 1. The quantitative estimate of drug-likeness (QED) is 0.795. The molecule has 28 heavy (non-hydrogen) atoms. The largest absolute Gasteiger partial charge is 0.476 e. The predicted molar refractivity (Wildman–Crippen MR) is 99.3 cm³/mol. The van der Waals surface area contributed by atoms with Gasteiger partial charge in [-0.1, -0.05) is 12.1 Å². The second-order valence-electron chi connectivity index (χ2n) is 7.03. The molecule has 0 aromatic heterocycles. The number of benzene rings is 2. The maximum absolute atomic E-state index is 13.6. The van der Waals surface area contributed by atoms with Gasteiger partial charge in [0.25, 0.3) is 11.8 Å². The maximum atomic E-state index is 13.6. The smallest absolute Gasteiger partial charge is 0.265 e. The van der Waals surface area contributed by atoms with Gasteiger partial charge in [0.05, 0.1) is 12.2 Å². The number of rotatable bonds is 2. The minimum atomic E-state index is -0.852. The van der Waals surface area contributed by atoms with E-state index >= 15 is 0 Å². The van der Waals surface area contributed by atoms with E-state index in [2.05, 4.69) is 0 Å². The highest BCUT2D eigenvalue weighted by Crippen LogP contribution is 2.34. The van der Waals surface area contributed by atoms with Gasteiger partial charge >= 0.3 is 0 Å². The van der Waals surface area contributed by atoms with Gasteiger partial charge in [0.15, 0.2) is 6.10 Å². The molecule has 5 nitrogen and oxygen atoms in total. The molecule has 0 bridgehead atoms. The second-order valence-corrected chi connectivity index (χ2v) is 7.03. The van der Waals surface area contributed by atoms with Crippen molar-refractivity contribution >= 4 is 17.5 Å². The minimum Gasteiger partial charge on any atom is -0.476 e. The Bertz CT molecular complexity index is 892. The van der Waals surface area contributed by atoms with Gasteiger partial charge < -0.3 is 14.5 Å². The Balaban J connectivity index is 1.65. The number of anilines is 1. The Morgan fingerprint density at radius 2 is 1.64 bits per heavy atom. The molecular weight excluding hydrogens is 366 g/mol. The lowest BCUT2D eigenvalue weighted by Gasteiger charge is -2.37. The Labute approximate surface area is 161 Å². The second kappa shape index (κ2) is 7.58. The number of halogens is 2. The van der Waals surface area contributed by atoms with Gasteiger partial charge in [-0.2, -0.15) is 0 Å². The lowest BCUT2D eigenvalue weighted by molar-refractivity contribution is -0.139. The van der Waals surface area contributed by atoms with Crippen molar-refractivity contribution in [3.8, 4) is 5.75 Å². The van der Waals surface area contributed by atoms with E-state index in [-0.39, 0.29) is 18.0 Å². The van der Waals surface area contributed by atoms with Crippen LogP contribution in [0.1, 0.15) is 29.6 Å². The zero-order valence-electron chi connectivity index (χ0n) is 15.2. The van der Waals surface area contributed by atoms with Gasteiger partial charge in [-0.15, -0.1) is 0 Å². The van der Waals surface area contributed by atoms with E-state index in [1.54, 1.807) is 29.2 Å². The molecule has 146 valence electrons. The first-order valence-electron chi connectivity index (χ1n) is 9.35. The van der Waals surface area contributed by atoms with Crippen molar-refractivity contribution < 1.29 is 23.1 Å². The van der Waals surface area contributed by atoms with Crippen molar-refractivity contribution in [1.29, 1.82) is 0 Å². The first kappa shape index (κ1) is 18.4. The van der Waals surface area contributed by atoms with Gasteiger partial charge in [-0.25, -0.2) is 8.78 Å². The molecule has 2 aliphatic heterocycles. The van der Waals surface area contributed by atoms with Crippen LogP contribution in [-0.4, -0.2) is 42.5 Å². The number of carbonyl (C=O) groups excluding carboxylic acids is 2. The summed E-state index contributed by atoms with van der Waals surface area (Å²) < 4.78 is 33.1. The topological polar surface area (TPSA) is 49.9 Å². The van der Waals surface area contributed by atoms with Crippen LogP contribution in [0.5, 0.6) is 5.75 Å². The van der Waals surface area contributed by atoms with E-state index in [9.17, 15) is 18.4 Å². The lowest BCUT2D eigenvalue weighted by atomic mass is 10.1. The van der Waals surface area contributed by atoms with Crippen LogP contribution in [0.4, 0.5) is 14.5 Å². The highest BCUT2D eigenvalue weighted by molar-refractivity contribution is 6.07. The number of nitrogens with zero attached hydrogens (tertiary/aromatic N) is 2. The van der Waals surface area contributed by atoms with Gasteiger partial charge in [0.2, 0.25) is 0 Å². The first-order chi connectivity index (χ1) is 13.5. The molecule has 0 saturated carbocycles. The SMILES string of the molecule is O=C(C1CN(C(=O)c2cc(F)cc(F)c2)c2ccccc2O1)N1CCCCC1. The summed E-state index contributed by atoms with van der Waals surface area (Å²) in [6.07, 6.45) is 2.13. The summed E-state index contributed by atoms with van der Waals surface area (Å²) in [5.41, 5.74) is 0.359. The number of carbonyl (C=O) groups is 2. The first-order valence-corrected chi connectivity index (χ1v) is 9.35. The average molecular weight is 386 g/mol. The van der Waals surface area contributed by atoms with Gasteiger partial charge in [0.1, 0.15) is 17.4 Å². The van der Waals surface area contributed by atoms with Crippen LogP contribution in [0.15, 0.2) is 42.5 Å². The Morgan fingerprint density at radius 1 is 0.964 bits per heavy atom. The van der Waals surface area contributed by atoms with E-state index < -0.39 is 23.6 Å². The van der Waals surface area contributed by atoms with Crippen molar-refractivity contribution in [2.75, 3.05) is 24.5 Å². The molecule has 2 heterocycles. The summed E-state index contributed by atoms with van der Waals surface area (Å²) in [7, 11) is 0. The molecule has 2 aromatic carbocycles. The molecule has 7 heteroatoms. The molecule has 0 aliphatic carbocycles. The third-order valence-electron chi connectivity index (χ3n) is 5.07. The van der Waals surface area contributed by atoms with Crippen LogP contribution in [0, 0.1) is 11.6 Å². The number of fused-ring (bicyclic) bond motifs is 1. The Kier molecular flexibility index (Phi) is 4.98. The van der Waals surface area contributed by atoms with E-state index in [1.807, 2.05) is 0 Å². The highest BCUT2D eigenvalue weighted by atomic mass is 19.1. The average Bonchev–Trinajstić information content (AvgIpc) is 2.71. The number of amides is 2. The molecular formula is C21H20F2N2O3. The fourth-order valence-corrected chi connectivity index (χ4v) is 3.71. The zero-order chi connectivity index (χ0) is 19.7. The molecule has 1 atom stereocenters. The maximum Gasteiger partial charge on any atom is 0.265 e. The predicted octanol–water partition coefficient (Wildman–Crippen LogP) is 3.39. The van der Waals surface area contributed by atoms with E-state index in [0.717, 1.165) is 31.4 Å². The van der Waals surface area contributed by atoms with Crippen LogP contribution in [0.3, 0.4) is 0 Å². The monoisotopic (exact) mass is 386 g/mol. The van der Waals surface area contributed by atoms with Crippen molar-refractivity contribution in [2.24, 2.45) is 0 Å². The fraction of sp³-hybridized carbons (Fsp3) is 0.333. The van der Waals surface area contributed by atoms with E-state index in [0.29, 0.717) is 30.6 Å². The van der Waals surface area contributed by atoms with E-state index in [4.69, 9.17) is 4.74 Å². The molecule has 0 spiro atoms. The highest BCUT2D eigenvalue weighted by Gasteiger charge is 2.36. The normalized spacial score (nSPS) is 19.0. The summed E-state index contributed by atoms with van der Waals surface area (Å²) in [4.78, 5) is 29.1.